The van der Waals surface area contributed by atoms with Crippen molar-refractivity contribution < 1.29 is 23.9 Å². The van der Waals surface area contributed by atoms with Crippen molar-refractivity contribution in [2.75, 3.05) is 7.11 Å². The number of carbonyl (C=O) groups is 3. The van der Waals surface area contributed by atoms with Crippen molar-refractivity contribution in [2.24, 2.45) is 0 Å². The zero-order valence-electron chi connectivity index (χ0n) is 16.1. The first kappa shape index (κ1) is 20.2. The Morgan fingerprint density at radius 3 is 2.41 bits per heavy atom. The molecule has 6 nitrogen and oxygen atoms in total. The molecule has 0 aliphatic heterocycles. The minimum absolute atomic E-state index is 0.232. The summed E-state index contributed by atoms with van der Waals surface area (Å²) in [6.07, 6.45) is 1.94. The molecule has 0 aliphatic carbocycles. The molecule has 0 radical (unpaired) electrons. The molecule has 0 amide bonds. The van der Waals surface area contributed by atoms with Crippen LogP contribution in [-0.2, 0) is 14.3 Å². The van der Waals surface area contributed by atoms with Crippen LogP contribution in [-0.4, -0.2) is 35.9 Å². The highest BCUT2D eigenvalue weighted by molar-refractivity contribution is 6.04. The molecule has 2 aromatic rings. The highest BCUT2D eigenvalue weighted by atomic mass is 16.5. The predicted molar refractivity (Wildman–Crippen MR) is 102 cm³/mol. The van der Waals surface area contributed by atoms with Gasteiger partial charge >= 0.3 is 11.9 Å². The lowest BCUT2D eigenvalue weighted by atomic mass is 10.1. The Morgan fingerprint density at radius 2 is 1.78 bits per heavy atom. The number of carbonyl (C=O) groups excluding carboxylic acids is 3. The zero-order valence-corrected chi connectivity index (χ0v) is 16.1. The van der Waals surface area contributed by atoms with Crippen molar-refractivity contribution >= 4 is 23.8 Å². The fraction of sp³-hybridized carbons (Fsp3) is 0.286. The van der Waals surface area contributed by atoms with Gasteiger partial charge in [0.1, 0.15) is 0 Å². The predicted octanol–water partition coefficient (Wildman–Crippen LogP) is 3.55. The number of nitrogens with one attached hydrogen (secondary N) is 1. The van der Waals surface area contributed by atoms with Crippen LogP contribution in [0, 0.1) is 20.8 Å². The third kappa shape index (κ3) is 4.53. The number of hydrogen-bond donors (Lipinski definition) is 1. The first-order chi connectivity index (χ1) is 12.8. The lowest BCUT2D eigenvalue weighted by Crippen LogP contribution is -2.24. The minimum atomic E-state index is -0.999. The van der Waals surface area contributed by atoms with Gasteiger partial charge in [-0.15, -0.1) is 0 Å². The average molecular weight is 369 g/mol. The zero-order chi connectivity index (χ0) is 20.1. The number of esters is 2. The molecule has 0 bridgehead atoms. The van der Waals surface area contributed by atoms with Gasteiger partial charge in [0.15, 0.2) is 6.10 Å². The van der Waals surface area contributed by atoms with E-state index in [0.29, 0.717) is 16.8 Å². The van der Waals surface area contributed by atoms with Crippen LogP contribution in [0.2, 0.25) is 0 Å². The molecule has 0 fully saturated rings. The summed E-state index contributed by atoms with van der Waals surface area (Å²) in [6.45, 7) is 6.76. The summed E-state index contributed by atoms with van der Waals surface area (Å²) in [6, 6.07) is 7.61. The molecule has 142 valence electrons. The first-order valence-electron chi connectivity index (χ1n) is 8.52. The number of aryl methyl sites for hydroxylation is 2. The van der Waals surface area contributed by atoms with Crippen LogP contribution in [0.1, 0.15) is 50.2 Å². The summed E-state index contributed by atoms with van der Waals surface area (Å²) in [7, 11) is 1.28. The second-order valence-corrected chi connectivity index (χ2v) is 6.25. The summed E-state index contributed by atoms with van der Waals surface area (Å²) >= 11 is 0. The van der Waals surface area contributed by atoms with Crippen LogP contribution in [0.5, 0.6) is 0 Å². The third-order valence-electron chi connectivity index (χ3n) is 4.32. The van der Waals surface area contributed by atoms with E-state index >= 15 is 0 Å². The SMILES string of the molecule is COC(=O)c1c(C)[nH]c(C(=O)[C@@H](C)OC(=O)/C=C/c2ccccc2C)c1C. The van der Waals surface area contributed by atoms with Crippen molar-refractivity contribution in [1.82, 2.24) is 4.98 Å². The monoisotopic (exact) mass is 369 g/mol. The molecule has 0 aliphatic rings. The summed E-state index contributed by atoms with van der Waals surface area (Å²) in [5, 5.41) is 0. The molecule has 1 N–H and O–H groups in total. The largest absolute Gasteiger partial charge is 0.465 e. The van der Waals surface area contributed by atoms with Crippen molar-refractivity contribution in [3.8, 4) is 0 Å². The summed E-state index contributed by atoms with van der Waals surface area (Å²) in [5.41, 5.74) is 3.48. The number of rotatable bonds is 6. The van der Waals surface area contributed by atoms with Crippen LogP contribution < -0.4 is 0 Å². The Bertz CT molecular complexity index is 907. The molecule has 0 unspecified atom stereocenters. The van der Waals surface area contributed by atoms with Gasteiger partial charge in [-0.25, -0.2) is 9.59 Å². The Morgan fingerprint density at radius 1 is 1.11 bits per heavy atom. The molecule has 1 heterocycles. The van der Waals surface area contributed by atoms with Gasteiger partial charge in [-0.05, 0) is 50.5 Å². The van der Waals surface area contributed by atoms with E-state index in [1.54, 1.807) is 19.9 Å². The number of ketones is 1. The second-order valence-electron chi connectivity index (χ2n) is 6.25. The smallest absolute Gasteiger partial charge is 0.339 e. The van der Waals surface area contributed by atoms with Crippen LogP contribution in [0.15, 0.2) is 30.3 Å². The van der Waals surface area contributed by atoms with Crippen molar-refractivity contribution in [2.45, 2.75) is 33.8 Å². The molecule has 27 heavy (non-hydrogen) atoms. The van der Waals surface area contributed by atoms with E-state index in [-0.39, 0.29) is 5.69 Å². The van der Waals surface area contributed by atoms with E-state index in [0.717, 1.165) is 11.1 Å². The number of aromatic amines is 1. The quantitative estimate of drug-likeness (QED) is 0.478. The van der Waals surface area contributed by atoms with Crippen LogP contribution in [0.4, 0.5) is 0 Å². The Labute approximate surface area is 158 Å². The van der Waals surface area contributed by atoms with Gasteiger partial charge in [-0.1, -0.05) is 24.3 Å². The molecule has 6 heteroatoms. The number of benzene rings is 1. The molecular formula is C21H23NO5. The van der Waals surface area contributed by atoms with E-state index in [9.17, 15) is 14.4 Å². The fourth-order valence-corrected chi connectivity index (χ4v) is 2.81. The highest BCUT2D eigenvalue weighted by Crippen LogP contribution is 2.21. The molecule has 0 saturated heterocycles. The van der Waals surface area contributed by atoms with E-state index in [1.165, 1.54) is 20.1 Å². The van der Waals surface area contributed by atoms with Crippen LogP contribution >= 0.6 is 0 Å². The number of H-pyrrole nitrogens is 1. The van der Waals surface area contributed by atoms with E-state index < -0.39 is 23.8 Å². The summed E-state index contributed by atoms with van der Waals surface area (Å²) in [4.78, 5) is 39.4. The number of methoxy groups -OCH3 is 1. The van der Waals surface area contributed by atoms with Crippen LogP contribution in [0.3, 0.4) is 0 Å². The second kappa shape index (κ2) is 8.49. The van der Waals surface area contributed by atoms with Gasteiger partial charge < -0.3 is 14.5 Å². The Balaban J connectivity index is 2.11. The molecule has 0 saturated carbocycles. The maximum absolute atomic E-state index is 12.6. The number of Topliss-reactive ketones (excluding diaryl/α,β-unsaturated/α-hetero) is 1. The van der Waals surface area contributed by atoms with Crippen LogP contribution in [0.25, 0.3) is 6.08 Å². The maximum Gasteiger partial charge on any atom is 0.339 e. The van der Waals surface area contributed by atoms with Gasteiger partial charge in [0.2, 0.25) is 5.78 Å². The number of hydrogen-bond acceptors (Lipinski definition) is 5. The molecule has 1 aromatic heterocycles. The van der Waals surface area contributed by atoms with Gasteiger partial charge in [0.05, 0.1) is 18.4 Å². The maximum atomic E-state index is 12.6. The van der Waals surface area contributed by atoms with Crippen molar-refractivity contribution in [1.29, 1.82) is 0 Å². The molecular weight excluding hydrogens is 346 g/mol. The summed E-state index contributed by atoms with van der Waals surface area (Å²) in [5.74, 6) is -1.55. The molecule has 1 atom stereocenters. The van der Waals surface area contributed by atoms with Gasteiger partial charge in [0.25, 0.3) is 0 Å². The number of aromatic nitrogens is 1. The first-order valence-corrected chi connectivity index (χ1v) is 8.52. The Hall–Kier alpha value is -3.15. The van der Waals surface area contributed by atoms with Gasteiger partial charge in [-0.3, -0.25) is 4.79 Å². The highest BCUT2D eigenvalue weighted by Gasteiger charge is 2.26. The summed E-state index contributed by atoms with van der Waals surface area (Å²) < 4.78 is 9.94. The minimum Gasteiger partial charge on any atom is -0.465 e. The average Bonchev–Trinajstić information content (AvgIpc) is 2.94. The number of ether oxygens (including phenoxy) is 2. The van der Waals surface area contributed by atoms with Crippen molar-refractivity contribution in [3.05, 3.63) is 64.0 Å². The van der Waals surface area contributed by atoms with Crippen molar-refractivity contribution in [3.63, 3.8) is 0 Å². The third-order valence-corrected chi connectivity index (χ3v) is 4.32. The van der Waals surface area contributed by atoms with Gasteiger partial charge in [-0.2, -0.15) is 0 Å². The molecule has 0 spiro atoms. The lowest BCUT2D eigenvalue weighted by Gasteiger charge is -2.10. The molecule has 2 rings (SSSR count). The topological polar surface area (TPSA) is 85.5 Å². The molecule has 1 aromatic carbocycles. The van der Waals surface area contributed by atoms with E-state index in [1.807, 2.05) is 31.2 Å². The van der Waals surface area contributed by atoms with Gasteiger partial charge in [0, 0.05) is 11.8 Å². The fourth-order valence-electron chi connectivity index (χ4n) is 2.81. The van der Waals surface area contributed by atoms with E-state index in [4.69, 9.17) is 9.47 Å². The Kier molecular flexibility index (Phi) is 6.34. The van der Waals surface area contributed by atoms with E-state index in [2.05, 4.69) is 4.98 Å². The lowest BCUT2D eigenvalue weighted by molar-refractivity contribution is -0.140. The standard InChI is InChI=1S/C21H23NO5/c1-12-8-6-7-9-16(12)10-11-17(23)27-15(4)20(24)19-13(2)18(14(3)22-19)21(25)26-5/h6-11,15,22H,1-5H3/b11-10+/t15-/m1/s1. The normalized spacial score (nSPS) is 12.0.